The van der Waals surface area contributed by atoms with Crippen molar-refractivity contribution in [1.29, 1.82) is 0 Å². The zero-order valence-corrected chi connectivity index (χ0v) is 27.7. The molecule has 0 heterocycles. The fourth-order valence-electron chi connectivity index (χ4n) is 4.40. The third kappa shape index (κ3) is 14.0. The number of aliphatic carboxylic acids is 1. The molecule has 0 saturated heterocycles. The molecule has 0 fully saturated rings. The first-order valence-corrected chi connectivity index (χ1v) is 15.9. The Balaban J connectivity index is 0.000000378. The number of anilines is 2. The van der Waals surface area contributed by atoms with Crippen LogP contribution in [0.1, 0.15) is 66.9 Å². The van der Waals surface area contributed by atoms with Gasteiger partial charge >= 0.3 is 5.97 Å². The van der Waals surface area contributed by atoms with Gasteiger partial charge in [-0.05, 0) is 91.3 Å². The Hall–Kier alpha value is -3.89. The number of nitrogens with zero attached hydrogens (tertiary/aromatic N) is 1. The molecule has 2 amide bonds. The molecule has 0 bridgehead atoms. The van der Waals surface area contributed by atoms with E-state index in [9.17, 15) is 19.5 Å². The molecule has 5 N–H and O–H groups in total. The minimum atomic E-state index is -1.61. The van der Waals surface area contributed by atoms with Crippen molar-refractivity contribution < 1.29 is 29.7 Å². The van der Waals surface area contributed by atoms with E-state index in [1.54, 1.807) is 30.3 Å². The summed E-state index contributed by atoms with van der Waals surface area (Å²) in [6.45, 7) is 2.76. The number of allylic oxidation sites excluding steroid dienone is 2. The molecule has 0 saturated carbocycles. The van der Waals surface area contributed by atoms with Crippen LogP contribution < -0.4 is 15.5 Å². The average molecular weight is 673 g/mol. The molecule has 1 aliphatic carbocycles. The molecule has 0 aromatic heterocycles. The lowest BCUT2D eigenvalue weighted by Crippen LogP contribution is -2.36. The third-order valence-electron chi connectivity index (χ3n) is 6.95. The Labute approximate surface area is 280 Å². The van der Waals surface area contributed by atoms with E-state index in [1.165, 1.54) is 30.4 Å². The van der Waals surface area contributed by atoms with E-state index in [1.807, 2.05) is 19.2 Å². The number of rotatable bonds is 12. The van der Waals surface area contributed by atoms with Crippen molar-refractivity contribution in [3.05, 3.63) is 99.5 Å². The van der Waals surface area contributed by atoms with Crippen LogP contribution in [-0.4, -0.2) is 59.9 Å². The van der Waals surface area contributed by atoms with Gasteiger partial charge in [-0.2, -0.15) is 0 Å². The first-order valence-electron chi connectivity index (χ1n) is 15.1. The molecule has 46 heavy (non-hydrogen) atoms. The fourth-order valence-corrected chi connectivity index (χ4v) is 4.93. The number of aliphatic hydroxyl groups excluding tert-OH is 2. The predicted molar refractivity (Wildman–Crippen MR) is 186 cm³/mol. The summed E-state index contributed by atoms with van der Waals surface area (Å²) >= 11 is 11.3. The molecule has 3 aromatic carbocycles. The number of hydrogen-bond acceptors (Lipinski definition) is 6. The highest BCUT2D eigenvalue weighted by Gasteiger charge is 2.15. The van der Waals surface area contributed by atoms with Crippen LogP contribution in [0.5, 0.6) is 0 Å². The van der Waals surface area contributed by atoms with E-state index in [2.05, 4.69) is 52.8 Å². The maximum Gasteiger partial charge on any atom is 0.334 e. The summed E-state index contributed by atoms with van der Waals surface area (Å²) in [5.41, 5.74) is 5.94. The summed E-state index contributed by atoms with van der Waals surface area (Å²) in [5.74, 6) is -1.78. The number of unbranched alkanes of at least 4 members (excludes halogenated alkanes) is 1. The quantitative estimate of drug-likeness (QED) is 0.134. The summed E-state index contributed by atoms with van der Waals surface area (Å²) in [4.78, 5) is 34.8. The smallest absolute Gasteiger partial charge is 0.334 e. The first kappa shape index (κ1) is 38.3. The summed E-state index contributed by atoms with van der Waals surface area (Å²) < 4.78 is 0. The Morgan fingerprint density at radius 2 is 1.65 bits per heavy atom. The molecule has 3 aromatic rings. The van der Waals surface area contributed by atoms with Gasteiger partial charge in [-0.1, -0.05) is 66.9 Å². The molecular weight excluding hydrogens is 629 g/mol. The van der Waals surface area contributed by atoms with E-state index in [0.717, 1.165) is 30.5 Å². The second kappa shape index (κ2) is 21.0. The molecule has 11 heteroatoms. The van der Waals surface area contributed by atoms with Crippen LogP contribution in [0, 0.1) is 0 Å². The molecule has 9 nitrogen and oxygen atoms in total. The second-order valence-electron chi connectivity index (χ2n) is 10.6. The van der Waals surface area contributed by atoms with Gasteiger partial charge in [-0.25, -0.2) is 4.79 Å². The van der Waals surface area contributed by atoms with Gasteiger partial charge in [-0.15, -0.1) is 0 Å². The number of aliphatic hydroxyl groups is 2. The number of amides is 2. The van der Waals surface area contributed by atoms with E-state index >= 15 is 0 Å². The van der Waals surface area contributed by atoms with Crippen LogP contribution in [0.25, 0.3) is 5.57 Å². The summed E-state index contributed by atoms with van der Waals surface area (Å²) in [6.07, 6.45) is 8.23. The normalized spacial score (nSPS) is 12.6. The number of carbonyl (C=O) groups is 3. The molecule has 0 aliphatic heterocycles. The highest BCUT2D eigenvalue weighted by Crippen LogP contribution is 2.28. The van der Waals surface area contributed by atoms with Crippen molar-refractivity contribution in [3.8, 4) is 0 Å². The van der Waals surface area contributed by atoms with Crippen molar-refractivity contribution in [1.82, 2.24) is 5.32 Å². The van der Waals surface area contributed by atoms with Gasteiger partial charge in [0.15, 0.2) is 6.10 Å². The maximum atomic E-state index is 12.1. The number of carboxylic acid groups (broad SMARTS) is 1. The first-order chi connectivity index (χ1) is 22.1. The molecular formula is C35H43Cl2N3O6. The molecule has 4 rings (SSSR count). The standard InChI is InChI=1S/C24H28N2O4.C7H5Cl2NO.C4H10O/c1-26(21-13-11-19(12-14-21)18-5-3-2-4-6-18)16-17-7-9-20(10-8-17)23(28)25-15-22(27)24(29)30;8-5-1-6(9)3-7(2-5)10-4-11;1-2-3-4-5/h5,7-14,22,27H,2-4,6,15-16H2,1H3,(H,25,28)(H,29,30);1-4H,(H,10,11);5H,2-4H2,1H3. The van der Waals surface area contributed by atoms with Gasteiger partial charge in [0, 0.05) is 47.2 Å². The van der Waals surface area contributed by atoms with Gasteiger partial charge in [0.25, 0.3) is 5.91 Å². The largest absolute Gasteiger partial charge is 0.479 e. The highest BCUT2D eigenvalue weighted by molar-refractivity contribution is 6.35. The summed E-state index contributed by atoms with van der Waals surface area (Å²) in [6, 6.07) is 20.6. The number of halogens is 2. The second-order valence-corrected chi connectivity index (χ2v) is 11.5. The van der Waals surface area contributed by atoms with Gasteiger partial charge in [0.2, 0.25) is 6.41 Å². The van der Waals surface area contributed by atoms with Gasteiger partial charge in [0.05, 0.1) is 6.54 Å². The van der Waals surface area contributed by atoms with E-state index in [-0.39, 0.29) is 6.54 Å². The van der Waals surface area contributed by atoms with Gasteiger partial charge in [-0.3, -0.25) is 9.59 Å². The van der Waals surface area contributed by atoms with E-state index in [0.29, 0.717) is 40.9 Å². The van der Waals surface area contributed by atoms with Crippen molar-refractivity contribution in [2.75, 3.05) is 30.4 Å². The molecule has 1 aliphatic rings. The Kier molecular flexibility index (Phi) is 17.5. The highest BCUT2D eigenvalue weighted by atomic mass is 35.5. The molecule has 248 valence electrons. The van der Waals surface area contributed by atoms with Crippen LogP contribution >= 0.6 is 23.2 Å². The fraction of sp³-hybridized carbons (Fsp3) is 0.343. The zero-order valence-electron chi connectivity index (χ0n) is 26.2. The minimum absolute atomic E-state index is 0.328. The topological polar surface area (TPSA) is 139 Å². The Bertz CT molecular complexity index is 1390. The SMILES string of the molecule is CCCCO.CN(Cc1ccc(C(=O)NCC(O)C(=O)O)cc1)c1ccc(C2=CCCCC2)cc1.O=CNc1cc(Cl)cc(Cl)c1. The van der Waals surface area contributed by atoms with Crippen molar-refractivity contribution >= 4 is 58.4 Å². The minimum Gasteiger partial charge on any atom is -0.479 e. The third-order valence-corrected chi connectivity index (χ3v) is 7.38. The maximum absolute atomic E-state index is 12.1. The molecule has 0 radical (unpaired) electrons. The number of carboxylic acids is 1. The van der Waals surface area contributed by atoms with Crippen LogP contribution in [0.15, 0.2) is 72.8 Å². The molecule has 1 unspecified atom stereocenters. The van der Waals surface area contributed by atoms with Crippen molar-refractivity contribution in [3.63, 3.8) is 0 Å². The predicted octanol–water partition coefficient (Wildman–Crippen LogP) is 6.80. The lowest BCUT2D eigenvalue weighted by Gasteiger charge is -2.21. The number of hydrogen-bond donors (Lipinski definition) is 5. The van der Waals surface area contributed by atoms with Crippen molar-refractivity contribution in [2.24, 2.45) is 0 Å². The van der Waals surface area contributed by atoms with Crippen LogP contribution in [0.2, 0.25) is 10.0 Å². The van der Waals surface area contributed by atoms with Crippen LogP contribution in [0.3, 0.4) is 0 Å². The molecule has 1 atom stereocenters. The van der Waals surface area contributed by atoms with Gasteiger partial charge in [0.1, 0.15) is 0 Å². The van der Waals surface area contributed by atoms with Gasteiger partial charge < -0.3 is 30.9 Å². The Morgan fingerprint density at radius 1 is 1.00 bits per heavy atom. The Morgan fingerprint density at radius 3 is 2.15 bits per heavy atom. The zero-order chi connectivity index (χ0) is 33.9. The van der Waals surface area contributed by atoms with Crippen LogP contribution in [-0.2, 0) is 16.1 Å². The number of benzene rings is 3. The molecule has 0 spiro atoms. The summed E-state index contributed by atoms with van der Waals surface area (Å²) in [7, 11) is 2.03. The average Bonchev–Trinajstić information content (AvgIpc) is 3.05. The van der Waals surface area contributed by atoms with E-state index < -0.39 is 18.0 Å². The monoisotopic (exact) mass is 671 g/mol. The number of carbonyl (C=O) groups excluding carboxylic acids is 2. The van der Waals surface area contributed by atoms with E-state index in [4.69, 9.17) is 33.4 Å². The lowest BCUT2D eigenvalue weighted by molar-refractivity contribution is -0.146. The number of nitrogens with one attached hydrogen (secondary N) is 2. The summed E-state index contributed by atoms with van der Waals surface area (Å²) in [5, 5.41) is 31.8. The van der Waals surface area contributed by atoms with Crippen LogP contribution in [0.4, 0.5) is 11.4 Å². The lowest BCUT2D eigenvalue weighted by atomic mass is 9.93. The van der Waals surface area contributed by atoms with Crippen molar-refractivity contribution in [2.45, 2.75) is 58.1 Å².